The maximum atomic E-state index is 12.7. The van der Waals surface area contributed by atoms with Gasteiger partial charge in [0.05, 0.1) is 18.1 Å². The largest absolute Gasteiger partial charge is 0.490 e. The molecule has 0 bridgehead atoms. The van der Waals surface area contributed by atoms with E-state index >= 15 is 0 Å². The molecule has 2 amide bonds. The fraction of sp³-hybridized carbons (Fsp3) is 0.190. The van der Waals surface area contributed by atoms with Crippen LogP contribution in [0.3, 0.4) is 0 Å². The summed E-state index contributed by atoms with van der Waals surface area (Å²) in [6.45, 7) is 2.43. The first-order valence-electron chi connectivity index (χ1n) is 8.78. The summed E-state index contributed by atoms with van der Waals surface area (Å²) in [5.41, 5.74) is 1.60. The Hall–Kier alpha value is -2.51. The van der Waals surface area contributed by atoms with Gasteiger partial charge in [-0.1, -0.05) is 18.2 Å². The van der Waals surface area contributed by atoms with Gasteiger partial charge in [0.2, 0.25) is 0 Å². The van der Waals surface area contributed by atoms with Crippen molar-refractivity contribution in [3.63, 3.8) is 0 Å². The number of ether oxygens (including phenoxy) is 2. The van der Waals surface area contributed by atoms with E-state index in [1.165, 1.54) is 4.90 Å². The molecule has 29 heavy (non-hydrogen) atoms. The summed E-state index contributed by atoms with van der Waals surface area (Å²) < 4.78 is 12.0. The molecule has 1 aliphatic heterocycles. The van der Waals surface area contributed by atoms with Crippen LogP contribution in [0, 0.1) is 14.9 Å². The van der Waals surface area contributed by atoms with Crippen LogP contribution in [0.2, 0.25) is 0 Å². The Labute approximate surface area is 186 Å². The highest BCUT2D eigenvalue weighted by Gasteiger charge is 2.35. The summed E-state index contributed by atoms with van der Waals surface area (Å²) in [5, 5.41) is 8.40. The maximum absolute atomic E-state index is 12.7. The zero-order valence-electron chi connectivity index (χ0n) is 15.6. The molecule has 6 nitrogen and oxygen atoms in total. The molecular weight excluding hydrogens is 503 g/mol. The topological polar surface area (TPSA) is 79.6 Å². The number of nitriles is 1. The zero-order chi connectivity index (χ0) is 20.8. The predicted octanol–water partition coefficient (Wildman–Crippen LogP) is 4.83. The van der Waals surface area contributed by atoms with E-state index in [9.17, 15) is 9.59 Å². The lowest BCUT2D eigenvalue weighted by Crippen LogP contribution is -2.27. The van der Waals surface area contributed by atoms with E-state index in [2.05, 4.69) is 22.6 Å². The van der Waals surface area contributed by atoms with Gasteiger partial charge in [0, 0.05) is 3.57 Å². The van der Waals surface area contributed by atoms with E-state index in [1.54, 1.807) is 24.3 Å². The number of thioether (sulfide) groups is 1. The first-order chi connectivity index (χ1) is 14.0. The molecule has 148 valence electrons. The van der Waals surface area contributed by atoms with Crippen LogP contribution in [0.5, 0.6) is 11.5 Å². The Morgan fingerprint density at radius 3 is 2.59 bits per heavy atom. The van der Waals surface area contributed by atoms with Crippen molar-refractivity contribution >= 4 is 51.6 Å². The molecule has 3 rings (SSSR count). The lowest BCUT2D eigenvalue weighted by atomic mass is 10.1. The minimum absolute atomic E-state index is 0.0865. The number of hydrogen-bond donors (Lipinski definition) is 0. The summed E-state index contributed by atoms with van der Waals surface area (Å²) >= 11 is 3.13. The molecule has 0 saturated carbocycles. The Morgan fingerprint density at radius 1 is 1.14 bits per heavy atom. The number of benzene rings is 2. The van der Waals surface area contributed by atoms with Gasteiger partial charge in [0.15, 0.2) is 18.1 Å². The van der Waals surface area contributed by atoms with E-state index in [1.807, 2.05) is 37.3 Å². The van der Waals surface area contributed by atoms with Gasteiger partial charge in [-0.15, -0.1) is 0 Å². The fourth-order valence-electron chi connectivity index (χ4n) is 2.67. The molecule has 0 N–H and O–H groups in total. The molecule has 1 saturated heterocycles. The minimum atomic E-state index is -0.318. The Bertz CT molecular complexity index is 999. The summed E-state index contributed by atoms with van der Waals surface area (Å²) in [4.78, 5) is 26.7. The quantitative estimate of drug-likeness (QED) is 0.385. The first-order valence-corrected chi connectivity index (χ1v) is 10.7. The molecule has 0 atom stereocenters. The molecule has 2 aromatic rings. The summed E-state index contributed by atoms with van der Waals surface area (Å²) in [6, 6.07) is 14.8. The van der Waals surface area contributed by atoms with E-state index in [0.29, 0.717) is 28.6 Å². The van der Waals surface area contributed by atoms with Crippen molar-refractivity contribution in [2.45, 2.75) is 13.5 Å². The van der Waals surface area contributed by atoms with Crippen molar-refractivity contribution in [3.05, 3.63) is 62.1 Å². The normalized spacial score (nSPS) is 14.9. The van der Waals surface area contributed by atoms with Crippen LogP contribution in [-0.4, -0.2) is 29.3 Å². The highest BCUT2D eigenvalue weighted by atomic mass is 127. The number of nitrogens with zero attached hydrogens (tertiary/aromatic N) is 2. The average Bonchev–Trinajstić information content (AvgIpc) is 2.96. The van der Waals surface area contributed by atoms with E-state index < -0.39 is 0 Å². The Morgan fingerprint density at radius 2 is 1.90 bits per heavy atom. The van der Waals surface area contributed by atoms with Crippen molar-refractivity contribution < 1.29 is 19.1 Å². The predicted molar refractivity (Wildman–Crippen MR) is 119 cm³/mol. The van der Waals surface area contributed by atoms with Crippen molar-refractivity contribution in [2.24, 2.45) is 0 Å². The van der Waals surface area contributed by atoms with Crippen molar-refractivity contribution in [1.29, 1.82) is 5.26 Å². The number of imide groups is 1. The molecule has 2 aromatic carbocycles. The van der Waals surface area contributed by atoms with Crippen LogP contribution in [0.25, 0.3) is 6.08 Å². The van der Waals surface area contributed by atoms with Crippen LogP contribution >= 0.6 is 34.4 Å². The average molecular weight is 520 g/mol. The lowest BCUT2D eigenvalue weighted by molar-refractivity contribution is -0.123. The smallest absolute Gasteiger partial charge is 0.293 e. The van der Waals surface area contributed by atoms with Crippen LogP contribution in [0.4, 0.5) is 4.79 Å². The third kappa shape index (κ3) is 5.31. The summed E-state index contributed by atoms with van der Waals surface area (Å²) in [6.07, 6.45) is 1.66. The number of carbonyl (C=O) groups is 2. The van der Waals surface area contributed by atoms with Gasteiger partial charge < -0.3 is 9.47 Å². The standard InChI is InChI=1S/C21H17IN2O4S/c1-2-27-18-11-15(5-8-17(18)28-10-9-23)12-19-20(25)24(21(26)29-19)13-14-3-6-16(22)7-4-14/h3-8,11-12H,2,10,13H2,1H3/b19-12-. The maximum Gasteiger partial charge on any atom is 0.293 e. The molecule has 0 radical (unpaired) electrons. The molecule has 0 aromatic heterocycles. The van der Waals surface area contributed by atoms with E-state index in [-0.39, 0.29) is 24.3 Å². The van der Waals surface area contributed by atoms with E-state index in [4.69, 9.17) is 14.7 Å². The second-order valence-corrected chi connectivity index (χ2v) is 8.22. The van der Waals surface area contributed by atoms with Crippen molar-refractivity contribution in [2.75, 3.05) is 13.2 Å². The monoisotopic (exact) mass is 520 g/mol. The molecule has 1 aliphatic rings. The summed E-state index contributed by atoms with van der Waals surface area (Å²) in [5.74, 6) is 0.619. The van der Waals surface area contributed by atoms with E-state index in [0.717, 1.165) is 20.9 Å². The third-order valence-electron chi connectivity index (χ3n) is 3.99. The number of hydrogen-bond acceptors (Lipinski definition) is 6. The third-order valence-corrected chi connectivity index (χ3v) is 5.61. The molecular formula is C21H17IN2O4S. The molecule has 1 heterocycles. The van der Waals surface area contributed by atoms with Crippen LogP contribution in [0.15, 0.2) is 47.4 Å². The minimum Gasteiger partial charge on any atom is -0.490 e. The van der Waals surface area contributed by atoms with Crippen LogP contribution < -0.4 is 9.47 Å². The Balaban J connectivity index is 1.80. The highest BCUT2D eigenvalue weighted by molar-refractivity contribution is 14.1. The lowest BCUT2D eigenvalue weighted by Gasteiger charge is -2.12. The van der Waals surface area contributed by atoms with Crippen molar-refractivity contribution in [3.8, 4) is 17.6 Å². The fourth-order valence-corrected chi connectivity index (χ4v) is 3.87. The Kier molecular flexibility index (Phi) is 7.17. The second kappa shape index (κ2) is 9.80. The van der Waals surface area contributed by atoms with Crippen molar-refractivity contribution in [1.82, 2.24) is 4.90 Å². The van der Waals surface area contributed by atoms with Crippen LogP contribution in [0.1, 0.15) is 18.1 Å². The molecule has 8 heteroatoms. The van der Waals surface area contributed by atoms with Crippen LogP contribution in [-0.2, 0) is 11.3 Å². The van der Waals surface area contributed by atoms with Gasteiger partial charge in [-0.2, -0.15) is 5.26 Å². The zero-order valence-corrected chi connectivity index (χ0v) is 18.5. The van der Waals surface area contributed by atoms with Gasteiger partial charge in [-0.25, -0.2) is 0 Å². The SMILES string of the molecule is CCOc1cc(/C=C2\SC(=O)N(Cc3ccc(I)cc3)C2=O)ccc1OCC#N. The van der Waals surface area contributed by atoms with Gasteiger partial charge in [0.25, 0.3) is 11.1 Å². The molecule has 1 fully saturated rings. The van der Waals surface area contributed by atoms with Gasteiger partial charge >= 0.3 is 0 Å². The van der Waals surface area contributed by atoms with Gasteiger partial charge in [-0.05, 0) is 82.7 Å². The number of rotatable bonds is 7. The molecule has 0 aliphatic carbocycles. The number of carbonyl (C=O) groups excluding carboxylic acids is 2. The van der Waals surface area contributed by atoms with Gasteiger partial charge in [-0.3, -0.25) is 14.5 Å². The summed E-state index contributed by atoms with van der Waals surface area (Å²) in [7, 11) is 0. The second-order valence-electron chi connectivity index (χ2n) is 5.98. The number of halogens is 1. The number of amides is 2. The highest BCUT2D eigenvalue weighted by Crippen LogP contribution is 2.35. The first kappa shape index (κ1) is 21.2. The molecule has 0 unspecified atom stereocenters. The van der Waals surface area contributed by atoms with Gasteiger partial charge in [0.1, 0.15) is 6.07 Å². The molecule has 0 spiro atoms.